The first-order valence-corrected chi connectivity index (χ1v) is 8.22. The number of ketones is 2. The van der Waals surface area contributed by atoms with E-state index in [4.69, 9.17) is 4.74 Å². The lowest BCUT2D eigenvalue weighted by atomic mass is 9.96. The highest BCUT2D eigenvalue weighted by Gasteiger charge is 2.43. The Labute approximate surface area is 123 Å². The van der Waals surface area contributed by atoms with E-state index >= 15 is 0 Å². The van der Waals surface area contributed by atoms with Gasteiger partial charge < -0.3 is 4.74 Å². The topological polar surface area (TPSA) is 77.5 Å². The van der Waals surface area contributed by atoms with E-state index in [1.165, 1.54) is 31.2 Å². The predicted octanol–water partition coefficient (Wildman–Crippen LogP) is 1.77. The number of carbonyl (C=O) groups is 2. The van der Waals surface area contributed by atoms with E-state index in [0.29, 0.717) is 5.56 Å². The van der Waals surface area contributed by atoms with E-state index in [2.05, 4.69) is 0 Å². The Balaban J connectivity index is 2.54. The maximum Gasteiger partial charge on any atom is 0.213 e. The Hall–Kier alpha value is -1.95. The summed E-state index contributed by atoms with van der Waals surface area (Å²) in [6, 6.07) is 5.91. The van der Waals surface area contributed by atoms with Crippen LogP contribution in [0.2, 0.25) is 0 Å². The van der Waals surface area contributed by atoms with E-state index in [0.717, 1.165) is 6.26 Å². The number of benzene rings is 1. The third kappa shape index (κ3) is 2.76. The molecule has 0 bridgehead atoms. The lowest BCUT2D eigenvalue weighted by Gasteiger charge is -2.17. The van der Waals surface area contributed by atoms with Crippen molar-refractivity contribution in [1.82, 2.24) is 0 Å². The largest absolute Gasteiger partial charge is 0.478 e. The smallest absolute Gasteiger partial charge is 0.213 e. The van der Waals surface area contributed by atoms with Gasteiger partial charge in [-0.1, -0.05) is 0 Å². The van der Waals surface area contributed by atoms with Crippen LogP contribution in [0.15, 0.2) is 34.7 Å². The van der Waals surface area contributed by atoms with Crippen LogP contribution in [-0.4, -0.2) is 31.8 Å². The molecule has 1 aliphatic heterocycles. The van der Waals surface area contributed by atoms with Gasteiger partial charge in [-0.2, -0.15) is 0 Å². The number of Topliss-reactive ketones (excluding diaryl/α,β-unsaturated/α-hetero) is 2. The zero-order valence-electron chi connectivity index (χ0n) is 12.3. The number of hydrogen-bond acceptors (Lipinski definition) is 5. The van der Waals surface area contributed by atoms with Crippen LogP contribution in [0.3, 0.4) is 0 Å². The second-order valence-corrected chi connectivity index (χ2v) is 7.51. The Kier molecular flexibility index (Phi) is 3.53. The molecular weight excluding hydrogens is 292 g/mol. The Morgan fingerprint density at radius 1 is 1.14 bits per heavy atom. The number of sulfone groups is 1. The number of ether oxygens (including phenoxy) is 1. The summed E-state index contributed by atoms with van der Waals surface area (Å²) in [5, 5.41) is 0. The molecule has 1 aliphatic rings. The van der Waals surface area contributed by atoms with Gasteiger partial charge in [-0.15, -0.1) is 0 Å². The third-order valence-corrected chi connectivity index (χ3v) is 4.38. The zero-order valence-corrected chi connectivity index (χ0v) is 13.1. The van der Waals surface area contributed by atoms with Gasteiger partial charge in [0.2, 0.25) is 5.78 Å². The number of hydrogen-bond donors (Lipinski definition) is 0. The van der Waals surface area contributed by atoms with E-state index in [1.807, 2.05) is 0 Å². The van der Waals surface area contributed by atoms with E-state index in [-0.39, 0.29) is 27.8 Å². The second-order valence-electron chi connectivity index (χ2n) is 5.50. The van der Waals surface area contributed by atoms with Crippen LogP contribution in [0, 0.1) is 0 Å². The van der Waals surface area contributed by atoms with Gasteiger partial charge in [-0.3, -0.25) is 9.59 Å². The minimum Gasteiger partial charge on any atom is -0.478 e. The lowest BCUT2D eigenvalue weighted by Crippen LogP contribution is -2.30. The SMILES string of the molecule is CC(=O)C1=C(c2ccc(S(C)(=O)=O)cc2)OC(C)(C)C1=O. The molecule has 0 aliphatic carbocycles. The van der Waals surface area contributed by atoms with Gasteiger partial charge in [0.05, 0.1) is 4.90 Å². The van der Waals surface area contributed by atoms with Crippen LogP contribution >= 0.6 is 0 Å². The quantitative estimate of drug-likeness (QED) is 0.795. The molecule has 0 saturated carbocycles. The van der Waals surface area contributed by atoms with Crippen molar-refractivity contribution in [1.29, 1.82) is 0 Å². The first kappa shape index (κ1) is 15.4. The molecule has 0 radical (unpaired) electrons. The molecular formula is C15H16O5S. The van der Waals surface area contributed by atoms with Crippen molar-refractivity contribution in [3.05, 3.63) is 35.4 Å². The van der Waals surface area contributed by atoms with Crippen LogP contribution < -0.4 is 0 Å². The van der Waals surface area contributed by atoms with E-state index < -0.39 is 15.4 Å². The van der Waals surface area contributed by atoms with Gasteiger partial charge in [0.15, 0.2) is 21.2 Å². The highest BCUT2D eigenvalue weighted by molar-refractivity contribution is 7.90. The van der Waals surface area contributed by atoms with Crippen LogP contribution in [-0.2, 0) is 24.2 Å². The zero-order chi connectivity index (χ0) is 16.0. The molecule has 0 unspecified atom stereocenters. The molecule has 1 aromatic carbocycles. The summed E-state index contributed by atoms with van der Waals surface area (Å²) in [5.74, 6) is -0.525. The van der Waals surface area contributed by atoms with Crippen molar-refractivity contribution < 1.29 is 22.7 Å². The summed E-state index contributed by atoms with van der Waals surface area (Å²) in [7, 11) is -3.30. The summed E-state index contributed by atoms with van der Waals surface area (Å²) < 4.78 is 28.5. The Morgan fingerprint density at radius 3 is 2.10 bits per heavy atom. The van der Waals surface area contributed by atoms with Crippen molar-refractivity contribution in [2.45, 2.75) is 31.3 Å². The Morgan fingerprint density at radius 2 is 1.67 bits per heavy atom. The van der Waals surface area contributed by atoms with Gasteiger partial charge in [0, 0.05) is 11.8 Å². The summed E-state index contributed by atoms with van der Waals surface area (Å²) in [6.07, 6.45) is 1.11. The first-order chi connectivity index (χ1) is 9.54. The maximum absolute atomic E-state index is 12.2. The summed E-state index contributed by atoms with van der Waals surface area (Å²) in [4.78, 5) is 24.0. The highest BCUT2D eigenvalue weighted by atomic mass is 32.2. The van der Waals surface area contributed by atoms with Crippen molar-refractivity contribution in [2.75, 3.05) is 6.26 Å². The molecule has 1 heterocycles. The van der Waals surface area contributed by atoms with Gasteiger partial charge in [0.25, 0.3) is 0 Å². The van der Waals surface area contributed by atoms with Gasteiger partial charge in [-0.25, -0.2) is 8.42 Å². The Bertz CT molecular complexity index is 752. The second kappa shape index (κ2) is 4.80. The summed E-state index contributed by atoms with van der Waals surface area (Å²) in [6.45, 7) is 4.50. The normalized spacial score (nSPS) is 17.8. The molecule has 0 N–H and O–H groups in total. The van der Waals surface area contributed by atoms with Gasteiger partial charge in [-0.05, 0) is 45.0 Å². The third-order valence-electron chi connectivity index (χ3n) is 3.25. The molecule has 6 heteroatoms. The van der Waals surface area contributed by atoms with Crippen LogP contribution in [0.5, 0.6) is 0 Å². The average Bonchev–Trinajstić information content (AvgIpc) is 2.60. The summed E-state index contributed by atoms with van der Waals surface area (Å²) in [5.41, 5.74) is -0.565. The molecule has 0 spiro atoms. The average molecular weight is 308 g/mol. The van der Waals surface area contributed by atoms with Crippen molar-refractivity contribution in [3.63, 3.8) is 0 Å². The van der Waals surface area contributed by atoms with Crippen molar-refractivity contribution >= 4 is 27.2 Å². The molecule has 112 valence electrons. The molecule has 1 aromatic rings. The standard InChI is InChI=1S/C15H16O5S/c1-9(16)12-13(20-15(2,3)14(12)17)10-5-7-11(8-6-10)21(4,18)19/h5-8H,1-4H3. The van der Waals surface area contributed by atoms with Gasteiger partial charge in [0.1, 0.15) is 11.3 Å². The van der Waals surface area contributed by atoms with E-state index in [9.17, 15) is 18.0 Å². The summed E-state index contributed by atoms with van der Waals surface area (Å²) >= 11 is 0. The number of carbonyl (C=O) groups excluding carboxylic acids is 2. The number of rotatable bonds is 3. The molecule has 5 nitrogen and oxygen atoms in total. The predicted molar refractivity (Wildman–Crippen MR) is 77.3 cm³/mol. The fraction of sp³-hybridized carbons (Fsp3) is 0.333. The first-order valence-electron chi connectivity index (χ1n) is 6.33. The van der Waals surface area contributed by atoms with Gasteiger partial charge >= 0.3 is 0 Å². The fourth-order valence-electron chi connectivity index (χ4n) is 2.13. The molecule has 0 fully saturated rings. The maximum atomic E-state index is 12.2. The minimum atomic E-state index is -3.30. The fourth-order valence-corrected chi connectivity index (χ4v) is 2.76. The van der Waals surface area contributed by atoms with Crippen molar-refractivity contribution in [2.24, 2.45) is 0 Å². The molecule has 0 atom stereocenters. The van der Waals surface area contributed by atoms with Crippen molar-refractivity contribution in [3.8, 4) is 0 Å². The van der Waals surface area contributed by atoms with Crippen LogP contribution in [0.25, 0.3) is 5.76 Å². The monoisotopic (exact) mass is 308 g/mol. The minimum absolute atomic E-state index is 0.0205. The molecule has 0 aromatic heterocycles. The van der Waals surface area contributed by atoms with E-state index in [1.54, 1.807) is 13.8 Å². The molecule has 0 saturated heterocycles. The van der Waals surface area contributed by atoms with Crippen LogP contribution in [0.1, 0.15) is 26.3 Å². The lowest BCUT2D eigenvalue weighted by molar-refractivity contribution is -0.128. The van der Waals surface area contributed by atoms with Crippen LogP contribution in [0.4, 0.5) is 0 Å². The molecule has 2 rings (SSSR count). The molecule has 21 heavy (non-hydrogen) atoms. The highest BCUT2D eigenvalue weighted by Crippen LogP contribution is 2.36. The molecule has 0 amide bonds.